The van der Waals surface area contributed by atoms with Crippen molar-refractivity contribution in [2.24, 2.45) is 5.92 Å². The van der Waals surface area contributed by atoms with Gasteiger partial charge in [0.25, 0.3) is 0 Å². The summed E-state index contributed by atoms with van der Waals surface area (Å²) in [6, 6.07) is 0.401. The van der Waals surface area contributed by atoms with Gasteiger partial charge in [0.15, 0.2) is 0 Å². The maximum Gasteiger partial charge on any atom is 0.234 e. The van der Waals surface area contributed by atoms with Gasteiger partial charge >= 0.3 is 0 Å². The van der Waals surface area contributed by atoms with E-state index in [1.165, 1.54) is 19.3 Å². The standard InChI is InChI=1S/C15H28N2O2/c1-2-12-10-17(9-8-14(12)18)11-15(19)16-13-6-4-3-5-7-13/h12-14,18H,2-11H2,1H3,(H,16,19). The Labute approximate surface area is 116 Å². The zero-order valence-electron chi connectivity index (χ0n) is 12.1. The number of hydrogen-bond acceptors (Lipinski definition) is 3. The highest BCUT2D eigenvalue weighted by Crippen LogP contribution is 2.20. The molecule has 110 valence electrons. The van der Waals surface area contributed by atoms with Crippen molar-refractivity contribution < 1.29 is 9.90 Å². The van der Waals surface area contributed by atoms with Crippen molar-refractivity contribution in [1.82, 2.24) is 10.2 Å². The van der Waals surface area contributed by atoms with E-state index in [0.29, 0.717) is 18.5 Å². The SMILES string of the molecule is CCC1CN(CC(=O)NC2CCCCC2)CCC1O. The summed E-state index contributed by atoms with van der Waals surface area (Å²) in [6.07, 6.45) is 7.70. The van der Waals surface area contributed by atoms with Crippen LogP contribution in [-0.4, -0.2) is 47.7 Å². The second-order valence-corrected chi connectivity index (χ2v) is 6.16. The second-order valence-electron chi connectivity index (χ2n) is 6.16. The minimum atomic E-state index is -0.178. The molecule has 2 aliphatic rings. The Morgan fingerprint density at radius 2 is 2.00 bits per heavy atom. The van der Waals surface area contributed by atoms with E-state index < -0.39 is 0 Å². The Bertz CT molecular complexity index is 290. The Hall–Kier alpha value is -0.610. The molecule has 1 saturated heterocycles. The van der Waals surface area contributed by atoms with Crippen LogP contribution in [0.1, 0.15) is 51.9 Å². The van der Waals surface area contributed by atoms with Crippen LogP contribution in [0.2, 0.25) is 0 Å². The first-order valence-corrected chi connectivity index (χ1v) is 7.88. The Morgan fingerprint density at radius 3 is 2.68 bits per heavy atom. The van der Waals surface area contributed by atoms with Crippen LogP contribution in [0.15, 0.2) is 0 Å². The van der Waals surface area contributed by atoms with E-state index in [2.05, 4.69) is 17.1 Å². The van der Waals surface area contributed by atoms with Gasteiger partial charge in [0, 0.05) is 19.1 Å². The average molecular weight is 268 g/mol. The predicted octanol–water partition coefficient (Wildman–Crippen LogP) is 1.53. The van der Waals surface area contributed by atoms with Crippen molar-refractivity contribution in [3.8, 4) is 0 Å². The summed E-state index contributed by atoms with van der Waals surface area (Å²) in [7, 11) is 0. The number of amides is 1. The van der Waals surface area contributed by atoms with Crippen molar-refractivity contribution in [2.75, 3.05) is 19.6 Å². The Morgan fingerprint density at radius 1 is 1.26 bits per heavy atom. The van der Waals surface area contributed by atoms with E-state index in [9.17, 15) is 9.90 Å². The van der Waals surface area contributed by atoms with E-state index in [1.54, 1.807) is 0 Å². The summed E-state index contributed by atoms with van der Waals surface area (Å²) in [5, 5.41) is 13.0. The van der Waals surface area contributed by atoms with Crippen LogP contribution in [-0.2, 0) is 4.79 Å². The largest absolute Gasteiger partial charge is 0.393 e. The maximum absolute atomic E-state index is 12.0. The molecule has 2 unspecified atom stereocenters. The fourth-order valence-corrected chi connectivity index (χ4v) is 3.36. The molecule has 1 saturated carbocycles. The fraction of sp³-hybridized carbons (Fsp3) is 0.933. The highest BCUT2D eigenvalue weighted by Gasteiger charge is 2.27. The molecule has 0 spiro atoms. The van der Waals surface area contributed by atoms with Gasteiger partial charge in [-0.15, -0.1) is 0 Å². The minimum Gasteiger partial charge on any atom is -0.393 e. The van der Waals surface area contributed by atoms with Gasteiger partial charge in [0.1, 0.15) is 0 Å². The topological polar surface area (TPSA) is 52.6 Å². The lowest BCUT2D eigenvalue weighted by molar-refractivity contribution is -0.124. The van der Waals surface area contributed by atoms with E-state index in [4.69, 9.17) is 0 Å². The number of likely N-dealkylation sites (tertiary alicyclic amines) is 1. The first-order chi connectivity index (χ1) is 9.19. The third-order valence-electron chi connectivity index (χ3n) is 4.64. The molecule has 2 fully saturated rings. The third kappa shape index (κ3) is 4.46. The van der Waals surface area contributed by atoms with Gasteiger partial charge in [-0.3, -0.25) is 9.69 Å². The van der Waals surface area contributed by atoms with Crippen molar-refractivity contribution >= 4 is 5.91 Å². The molecule has 2 rings (SSSR count). The van der Waals surface area contributed by atoms with Crippen LogP contribution in [0.3, 0.4) is 0 Å². The lowest BCUT2D eigenvalue weighted by Gasteiger charge is -2.35. The van der Waals surface area contributed by atoms with Gasteiger partial charge in [-0.05, 0) is 31.6 Å². The van der Waals surface area contributed by atoms with Gasteiger partial charge in [-0.25, -0.2) is 0 Å². The summed E-state index contributed by atoms with van der Waals surface area (Å²) in [5.74, 6) is 0.495. The number of carbonyl (C=O) groups is 1. The van der Waals surface area contributed by atoms with Gasteiger partial charge in [0.2, 0.25) is 5.91 Å². The molecule has 1 heterocycles. The molecule has 0 aromatic rings. The van der Waals surface area contributed by atoms with Crippen LogP contribution in [0.5, 0.6) is 0 Å². The van der Waals surface area contributed by atoms with Crippen LogP contribution in [0.4, 0.5) is 0 Å². The first-order valence-electron chi connectivity index (χ1n) is 7.88. The average Bonchev–Trinajstić information content (AvgIpc) is 2.42. The molecular formula is C15H28N2O2. The minimum absolute atomic E-state index is 0.165. The number of hydrogen-bond donors (Lipinski definition) is 2. The lowest BCUT2D eigenvalue weighted by Crippen LogP contribution is -2.48. The van der Waals surface area contributed by atoms with E-state index in [1.807, 2.05) is 0 Å². The van der Waals surface area contributed by atoms with Crippen molar-refractivity contribution in [1.29, 1.82) is 0 Å². The number of aliphatic hydroxyl groups is 1. The van der Waals surface area contributed by atoms with Crippen molar-refractivity contribution in [3.63, 3.8) is 0 Å². The van der Waals surface area contributed by atoms with E-state index >= 15 is 0 Å². The summed E-state index contributed by atoms with van der Waals surface area (Å²) >= 11 is 0. The van der Waals surface area contributed by atoms with E-state index in [-0.39, 0.29) is 12.0 Å². The van der Waals surface area contributed by atoms with Crippen molar-refractivity contribution in [2.45, 2.75) is 64.0 Å². The lowest BCUT2D eigenvalue weighted by atomic mass is 9.92. The molecule has 2 atom stereocenters. The smallest absolute Gasteiger partial charge is 0.234 e. The molecule has 0 aromatic carbocycles. The zero-order valence-corrected chi connectivity index (χ0v) is 12.1. The number of aliphatic hydroxyl groups excluding tert-OH is 1. The molecule has 4 nitrogen and oxygen atoms in total. The van der Waals surface area contributed by atoms with Gasteiger partial charge in [-0.1, -0.05) is 26.2 Å². The summed E-state index contributed by atoms with van der Waals surface area (Å²) in [6.45, 7) is 4.31. The number of nitrogens with zero attached hydrogens (tertiary/aromatic N) is 1. The Balaban J connectivity index is 1.72. The second kappa shape index (κ2) is 7.25. The van der Waals surface area contributed by atoms with Gasteiger partial charge < -0.3 is 10.4 Å². The quantitative estimate of drug-likeness (QED) is 0.813. The van der Waals surface area contributed by atoms with Crippen LogP contribution < -0.4 is 5.32 Å². The maximum atomic E-state index is 12.0. The molecule has 1 aliphatic heterocycles. The number of nitrogens with one attached hydrogen (secondary N) is 1. The van der Waals surface area contributed by atoms with Gasteiger partial charge in [-0.2, -0.15) is 0 Å². The molecular weight excluding hydrogens is 240 g/mol. The zero-order chi connectivity index (χ0) is 13.7. The molecule has 19 heavy (non-hydrogen) atoms. The van der Waals surface area contributed by atoms with Crippen LogP contribution >= 0.6 is 0 Å². The van der Waals surface area contributed by atoms with Crippen molar-refractivity contribution in [3.05, 3.63) is 0 Å². The summed E-state index contributed by atoms with van der Waals surface area (Å²) < 4.78 is 0. The molecule has 0 radical (unpaired) electrons. The third-order valence-corrected chi connectivity index (χ3v) is 4.64. The molecule has 0 bridgehead atoms. The monoisotopic (exact) mass is 268 g/mol. The predicted molar refractivity (Wildman–Crippen MR) is 75.9 cm³/mol. The van der Waals surface area contributed by atoms with Gasteiger partial charge in [0.05, 0.1) is 12.6 Å². The summed E-state index contributed by atoms with van der Waals surface area (Å²) in [4.78, 5) is 14.2. The Kier molecular flexibility index (Phi) is 5.64. The molecule has 4 heteroatoms. The van der Waals surface area contributed by atoms with Crippen LogP contribution in [0, 0.1) is 5.92 Å². The normalized spacial score (nSPS) is 30.2. The van der Waals surface area contributed by atoms with Crippen LogP contribution in [0.25, 0.3) is 0 Å². The molecule has 1 aliphatic carbocycles. The number of piperidine rings is 1. The van der Waals surface area contributed by atoms with E-state index in [0.717, 1.165) is 38.8 Å². The fourth-order valence-electron chi connectivity index (χ4n) is 3.36. The number of rotatable bonds is 4. The molecule has 2 N–H and O–H groups in total. The highest BCUT2D eigenvalue weighted by molar-refractivity contribution is 5.78. The molecule has 1 amide bonds. The summed E-state index contributed by atoms with van der Waals surface area (Å²) in [5.41, 5.74) is 0. The molecule has 0 aromatic heterocycles. The first kappa shape index (κ1) is 14.8. The highest BCUT2D eigenvalue weighted by atomic mass is 16.3. The number of carbonyl (C=O) groups excluding carboxylic acids is 1.